The molecule has 4 heterocycles. The van der Waals surface area contributed by atoms with E-state index in [1.807, 2.05) is 12.1 Å². The third kappa shape index (κ3) is 4.36. The number of thiazole rings is 1. The maximum atomic E-state index is 12.4. The summed E-state index contributed by atoms with van der Waals surface area (Å²) >= 11 is 1.50. The zero-order valence-corrected chi connectivity index (χ0v) is 15.5. The number of nitrogens with one attached hydrogen (secondary N) is 1. The first-order valence-electron chi connectivity index (χ1n) is 8.71. The predicted molar refractivity (Wildman–Crippen MR) is 104 cm³/mol. The second-order valence-electron chi connectivity index (χ2n) is 6.11. The van der Waals surface area contributed by atoms with Crippen LogP contribution < -0.4 is 5.32 Å². The van der Waals surface area contributed by atoms with Crippen LogP contribution in [0.1, 0.15) is 15.2 Å². The van der Waals surface area contributed by atoms with E-state index in [1.165, 1.54) is 11.3 Å². The molecule has 0 spiro atoms. The van der Waals surface area contributed by atoms with E-state index in [-0.39, 0.29) is 5.91 Å². The van der Waals surface area contributed by atoms with Crippen molar-refractivity contribution in [3.63, 3.8) is 0 Å². The summed E-state index contributed by atoms with van der Waals surface area (Å²) in [5, 5.41) is 3.48. The number of aromatic nitrogens is 3. The highest BCUT2D eigenvalue weighted by molar-refractivity contribution is 7.16. The molecule has 0 unspecified atom stereocenters. The molecule has 0 saturated carbocycles. The SMILES string of the molecule is O=C(Nc1nc(-c2ccncc2)c(CN2CCOCC2)s1)c1cccnc1. The predicted octanol–water partition coefficient (Wildman–Crippen LogP) is 2.68. The minimum absolute atomic E-state index is 0.212. The quantitative estimate of drug-likeness (QED) is 0.732. The van der Waals surface area contributed by atoms with Gasteiger partial charge in [-0.05, 0) is 24.3 Å². The number of morpholine rings is 1. The summed E-state index contributed by atoms with van der Waals surface area (Å²) in [6, 6.07) is 7.34. The molecule has 1 aliphatic rings. The van der Waals surface area contributed by atoms with Crippen molar-refractivity contribution in [3.05, 3.63) is 59.5 Å². The van der Waals surface area contributed by atoms with E-state index in [9.17, 15) is 4.79 Å². The number of anilines is 1. The van der Waals surface area contributed by atoms with Crippen molar-refractivity contribution in [3.8, 4) is 11.3 Å². The molecular weight excluding hydrogens is 362 g/mol. The van der Waals surface area contributed by atoms with Crippen molar-refractivity contribution in [2.75, 3.05) is 31.6 Å². The average Bonchev–Trinajstić information content (AvgIpc) is 3.12. The molecule has 1 aliphatic heterocycles. The van der Waals surface area contributed by atoms with E-state index >= 15 is 0 Å². The first-order valence-corrected chi connectivity index (χ1v) is 9.53. The lowest BCUT2D eigenvalue weighted by Crippen LogP contribution is -2.35. The van der Waals surface area contributed by atoms with Crippen molar-refractivity contribution in [2.24, 2.45) is 0 Å². The minimum Gasteiger partial charge on any atom is -0.379 e. The number of hydrogen-bond donors (Lipinski definition) is 1. The highest BCUT2D eigenvalue weighted by Crippen LogP contribution is 2.32. The van der Waals surface area contributed by atoms with Gasteiger partial charge in [-0.25, -0.2) is 4.98 Å². The topological polar surface area (TPSA) is 80.2 Å². The summed E-state index contributed by atoms with van der Waals surface area (Å²) in [5.41, 5.74) is 2.38. The van der Waals surface area contributed by atoms with E-state index in [2.05, 4.69) is 20.2 Å². The fourth-order valence-electron chi connectivity index (χ4n) is 2.88. The molecule has 0 atom stereocenters. The molecule has 0 aliphatic carbocycles. The summed E-state index contributed by atoms with van der Waals surface area (Å²) < 4.78 is 5.43. The van der Waals surface area contributed by atoms with E-state index in [4.69, 9.17) is 9.72 Å². The second kappa shape index (κ2) is 8.34. The van der Waals surface area contributed by atoms with Gasteiger partial charge in [-0.2, -0.15) is 0 Å². The molecule has 8 heteroatoms. The molecule has 0 aromatic carbocycles. The Bertz CT molecular complexity index is 895. The van der Waals surface area contributed by atoms with Crippen molar-refractivity contribution < 1.29 is 9.53 Å². The number of nitrogens with zero attached hydrogens (tertiary/aromatic N) is 4. The monoisotopic (exact) mass is 381 g/mol. The van der Waals surface area contributed by atoms with Crippen LogP contribution in [0.2, 0.25) is 0 Å². The number of pyridine rings is 2. The van der Waals surface area contributed by atoms with Gasteiger partial charge in [0.05, 0.1) is 24.5 Å². The molecule has 138 valence electrons. The smallest absolute Gasteiger partial charge is 0.259 e. The third-order valence-electron chi connectivity index (χ3n) is 4.27. The fraction of sp³-hybridized carbons (Fsp3) is 0.263. The van der Waals surface area contributed by atoms with E-state index < -0.39 is 0 Å². The Hall–Kier alpha value is -2.68. The summed E-state index contributed by atoms with van der Waals surface area (Å²) in [6.07, 6.45) is 6.69. The van der Waals surface area contributed by atoms with Crippen LogP contribution in [0.15, 0.2) is 49.1 Å². The van der Waals surface area contributed by atoms with Crippen LogP contribution in [-0.4, -0.2) is 52.1 Å². The number of rotatable bonds is 5. The molecule has 27 heavy (non-hydrogen) atoms. The highest BCUT2D eigenvalue weighted by atomic mass is 32.1. The Balaban J connectivity index is 1.60. The number of ether oxygens (including phenoxy) is 1. The maximum absolute atomic E-state index is 12.4. The van der Waals surface area contributed by atoms with Gasteiger partial charge in [-0.15, -0.1) is 0 Å². The van der Waals surface area contributed by atoms with Gasteiger partial charge in [0.2, 0.25) is 0 Å². The molecule has 4 rings (SSSR count). The van der Waals surface area contributed by atoms with Gasteiger partial charge in [0.1, 0.15) is 0 Å². The van der Waals surface area contributed by atoms with Crippen LogP contribution in [-0.2, 0) is 11.3 Å². The lowest BCUT2D eigenvalue weighted by molar-refractivity contribution is 0.0347. The van der Waals surface area contributed by atoms with E-state index in [1.54, 1.807) is 36.9 Å². The average molecular weight is 381 g/mol. The number of hydrogen-bond acceptors (Lipinski definition) is 7. The fourth-order valence-corrected chi connectivity index (χ4v) is 3.90. The van der Waals surface area contributed by atoms with Crippen LogP contribution in [0, 0.1) is 0 Å². The summed E-state index contributed by atoms with van der Waals surface area (Å²) in [6.45, 7) is 4.06. The zero-order valence-electron chi connectivity index (χ0n) is 14.7. The van der Waals surface area contributed by atoms with E-state index in [0.29, 0.717) is 10.7 Å². The van der Waals surface area contributed by atoms with Crippen LogP contribution in [0.4, 0.5) is 5.13 Å². The second-order valence-corrected chi connectivity index (χ2v) is 7.19. The van der Waals surface area contributed by atoms with Crippen molar-refractivity contribution in [1.82, 2.24) is 19.9 Å². The number of amides is 1. The highest BCUT2D eigenvalue weighted by Gasteiger charge is 2.19. The first-order chi connectivity index (χ1) is 13.3. The standard InChI is InChI=1S/C19H19N5O2S/c25-18(15-2-1-5-21-12-15)23-19-22-17(14-3-6-20-7-4-14)16(27-19)13-24-8-10-26-11-9-24/h1-7,12H,8-11,13H2,(H,22,23,25). The zero-order chi connectivity index (χ0) is 18.5. The van der Waals surface area contributed by atoms with Gasteiger partial charge in [0.25, 0.3) is 5.91 Å². The lowest BCUT2D eigenvalue weighted by Gasteiger charge is -2.26. The molecule has 3 aromatic heterocycles. The Morgan fingerprint density at radius 1 is 1.15 bits per heavy atom. The van der Waals surface area contributed by atoms with Gasteiger partial charge >= 0.3 is 0 Å². The molecule has 1 saturated heterocycles. The van der Waals surface area contributed by atoms with Crippen LogP contribution in [0.5, 0.6) is 0 Å². The molecule has 7 nitrogen and oxygen atoms in total. The molecule has 1 N–H and O–H groups in total. The van der Waals surface area contributed by atoms with Gasteiger partial charge in [0, 0.05) is 54.9 Å². The minimum atomic E-state index is -0.212. The largest absolute Gasteiger partial charge is 0.379 e. The Labute approximate surface area is 161 Å². The molecule has 1 amide bonds. The molecule has 0 bridgehead atoms. The van der Waals surface area contributed by atoms with Crippen LogP contribution in [0.25, 0.3) is 11.3 Å². The molecule has 1 fully saturated rings. The van der Waals surface area contributed by atoms with Gasteiger partial charge in [-0.3, -0.25) is 25.0 Å². The summed E-state index contributed by atoms with van der Waals surface area (Å²) in [7, 11) is 0. The third-order valence-corrected chi connectivity index (χ3v) is 5.22. The normalized spacial score (nSPS) is 14.8. The summed E-state index contributed by atoms with van der Waals surface area (Å²) in [4.78, 5) is 28.7. The molecule has 3 aromatic rings. The molecule has 0 radical (unpaired) electrons. The van der Waals surface area contributed by atoms with Crippen LogP contribution >= 0.6 is 11.3 Å². The Kier molecular flexibility index (Phi) is 5.47. The lowest BCUT2D eigenvalue weighted by atomic mass is 10.1. The Morgan fingerprint density at radius 3 is 2.70 bits per heavy atom. The van der Waals surface area contributed by atoms with E-state index in [0.717, 1.165) is 49.0 Å². The van der Waals surface area contributed by atoms with Crippen LogP contribution in [0.3, 0.4) is 0 Å². The van der Waals surface area contributed by atoms with Crippen molar-refractivity contribution in [2.45, 2.75) is 6.54 Å². The van der Waals surface area contributed by atoms with Gasteiger partial charge in [0.15, 0.2) is 5.13 Å². The first kappa shape index (κ1) is 17.7. The summed E-state index contributed by atoms with van der Waals surface area (Å²) in [5.74, 6) is -0.212. The van der Waals surface area contributed by atoms with Crippen molar-refractivity contribution in [1.29, 1.82) is 0 Å². The number of carbonyl (C=O) groups excluding carboxylic acids is 1. The molecular formula is C19H19N5O2S. The maximum Gasteiger partial charge on any atom is 0.259 e. The Morgan fingerprint density at radius 2 is 1.96 bits per heavy atom. The number of carbonyl (C=O) groups is 1. The van der Waals surface area contributed by atoms with Gasteiger partial charge < -0.3 is 4.74 Å². The van der Waals surface area contributed by atoms with Crippen molar-refractivity contribution >= 4 is 22.4 Å². The van der Waals surface area contributed by atoms with Gasteiger partial charge in [-0.1, -0.05) is 11.3 Å².